The summed E-state index contributed by atoms with van der Waals surface area (Å²) in [4.78, 5) is 2.53. The first-order valence-corrected chi connectivity index (χ1v) is 7.20. The van der Waals surface area contributed by atoms with Crippen molar-refractivity contribution in [3.05, 3.63) is 28.2 Å². The molecule has 1 heterocycles. The number of hydrogen-bond acceptors (Lipinski definition) is 2. The third-order valence-corrected chi connectivity index (χ3v) is 3.92. The highest BCUT2D eigenvalue weighted by Crippen LogP contribution is 2.24. The van der Waals surface area contributed by atoms with E-state index < -0.39 is 0 Å². The molecule has 1 aliphatic rings. The van der Waals surface area contributed by atoms with E-state index in [1.807, 2.05) is 0 Å². The number of benzene rings is 1. The number of rotatable bonds is 1. The van der Waals surface area contributed by atoms with Crippen LogP contribution < -0.4 is 10.2 Å². The van der Waals surface area contributed by atoms with Crippen molar-refractivity contribution in [3.8, 4) is 0 Å². The summed E-state index contributed by atoms with van der Waals surface area (Å²) in [5.41, 5.74) is 2.75. The molecule has 3 heteroatoms. The van der Waals surface area contributed by atoms with Gasteiger partial charge in [-0.05, 0) is 57.0 Å². The van der Waals surface area contributed by atoms with Crippen LogP contribution in [0.1, 0.15) is 25.3 Å². The van der Waals surface area contributed by atoms with Crippen LogP contribution in [0.5, 0.6) is 0 Å². The molecule has 2 rings (SSSR count). The van der Waals surface area contributed by atoms with Crippen LogP contribution in [-0.2, 0) is 0 Å². The van der Waals surface area contributed by atoms with Gasteiger partial charge in [0.15, 0.2) is 0 Å². The van der Waals surface area contributed by atoms with E-state index in [2.05, 4.69) is 58.2 Å². The predicted octanol–water partition coefficient (Wildman–Crippen LogP) is 3.34. The van der Waals surface area contributed by atoms with Gasteiger partial charge in [0.25, 0.3) is 0 Å². The zero-order valence-electron chi connectivity index (χ0n) is 10.7. The maximum absolute atomic E-state index is 3.55. The van der Waals surface area contributed by atoms with Crippen LogP contribution in [0.2, 0.25) is 0 Å². The van der Waals surface area contributed by atoms with Crippen LogP contribution in [0.4, 0.5) is 5.69 Å². The van der Waals surface area contributed by atoms with Crippen LogP contribution in [0.3, 0.4) is 0 Å². The largest absolute Gasteiger partial charge is 0.371 e. The summed E-state index contributed by atoms with van der Waals surface area (Å²) in [6.45, 7) is 7.91. The highest BCUT2D eigenvalue weighted by atomic mass is 79.9. The molecule has 1 saturated heterocycles. The summed E-state index contributed by atoms with van der Waals surface area (Å²) in [7, 11) is 0. The Morgan fingerprint density at radius 2 is 2.18 bits per heavy atom. The molecular weight excluding hydrogens is 276 g/mol. The lowest BCUT2D eigenvalue weighted by Gasteiger charge is -2.30. The summed E-state index contributed by atoms with van der Waals surface area (Å²) in [6, 6.07) is 7.21. The maximum atomic E-state index is 3.55. The molecule has 0 amide bonds. The summed E-state index contributed by atoms with van der Waals surface area (Å²) in [6.07, 6.45) is 2.44. The van der Waals surface area contributed by atoms with E-state index in [0.717, 1.165) is 19.6 Å². The molecule has 0 aromatic heterocycles. The Hall–Kier alpha value is -0.540. The van der Waals surface area contributed by atoms with Crippen molar-refractivity contribution in [1.82, 2.24) is 5.32 Å². The van der Waals surface area contributed by atoms with Crippen molar-refractivity contribution in [2.75, 3.05) is 24.5 Å². The molecule has 1 aromatic rings. The first kappa shape index (κ1) is 12.9. The van der Waals surface area contributed by atoms with Crippen molar-refractivity contribution in [2.24, 2.45) is 0 Å². The zero-order chi connectivity index (χ0) is 12.3. The van der Waals surface area contributed by atoms with Crippen molar-refractivity contribution < 1.29 is 0 Å². The van der Waals surface area contributed by atoms with Gasteiger partial charge in [-0.1, -0.05) is 15.9 Å². The lowest BCUT2D eigenvalue weighted by Crippen LogP contribution is -2.38. The summed E-state index contributed by atoms with van der Waals surface area (Å²) >= 11 is 3.53. The standard InChI is InChI=1S/C14H21BrN2/c1-11-10-13(15)4-5-14(11)17-8-3-7-16-12(2)6-9-17/h4-5,10,12,16H,3,6-9H2,1-2H3. The van der Waals surface area contributed by atoms with Gasteiger partial charge in [0, 0.05) is 29.3 Å². The van der Waals surface area contributed by atoms with Crippen LogP contribution in [0.15, 0.2) is 22.7 Å². The van der Waals surface area contributed by atoms with E-state index in [-0.39, 0.29) is 0 Å². The van der Waals surface area contributed by atoms with E-state index in [1.165, 1.54) is 28.6 Å². The van der Waals surface area contributed by atoms with Gasteiger partial charge in [-0.15, -0.1) is 0 Å². The van der Waals surface area contributed by atoms with E-state index in [1.54, 1.807) is 0 Å². The first-order chi connectivity index (χ1) is 8.16. The fourth-order valence-electron chi connectivity index (χ4n) is 2.40. The molecule has 0 aliphatic carbocycles. The van der Waals surface area contributed by atoms with E-state index >= 15 is 0 Å². The van der Waals surface area contributed by atoms with E-state index in [0.29, 0.717) is 6.04 Å². The van der Waals surface area contributed by atoms with Crippen LogP contribution in [0.25, 0.3) is 0 Å². The second kappa shape index (κ2) is 5.87. The second-order valence-electron chi connectivity index (χ2n) is 4.92. The molecule has 17 heavy (non-hydrogen) atoms. The maximum Gasteiger partial charge on any atom is 0.0396 e. The number of halogens is 1. The van der Waals surface area contributed by atoms with Crippen LogP contribution in [0, 0.1) is 6.92 Å². The van der Waals surface area contributed by atoms with E-state index in [4.69, 9.17) is 0 Å². The molecule has 94 valence electrons. The molecule has 1 fully saturated rings. The topological polar surface area (TPSA) is 15.3 Å². The minimum absolute atomic E-state index is 0.633. The average molecular weight is 297 g/mol. The molecule has 0 radical (unpaired) electrons. The Labute approximate surface area is 113 Å². The van der Waals surface area contributed by atoms with Crippen molar-refractivity contribution in [1.29, 1.82) is 0 Å². The van der Waals surface area contributed by atoms with Gasteiger partial charge in [0.1, 0.15) is 0 Å². The minimum Gasteiger partial charge on any atom is -0.371 e. The number of nitrogens with one attached hydrogen (secondary N) is 1. The van der Waals surface area contributed by atoms with Gasteiger partial charge < -0.3 is 10.2 Å². The molecule has 1 unspecified atom stereocenters. The number of nitrogens with zero attached hydrogens (tertiary/aromatic N) is 1. The Balaban J connectivity index is 2.13. The van der Waals surface area contributed by atoms with E-state index in [9.17, 15) is 0 Å². The molecule has 0 spiro atoms. The summed E-state index contributed by atoms with van der Waals surface area (Å²) in [5.74, 6) is 0. The molecule has 1 aromatic carbocycles. The summed E-state index contributed by atoms with van der Waals surface area (Å²) in [5, 5.41) is 3.55. The van der Waals surface area contributed by atoms with Gasteiger partial charge in [-0.25, -0.2) is 0 Å². The highest BCUT2D eigenvalue weighted by molar-refractivity contribution is 9.10. The normalized spacial score (nSPS) is 22.1. The molecule has 2 nitrogen and oxygen atoms in total. The third-order valence-electron chi connectivity index (χ3n) is 3.43. The van der Waals surface area contributed by atoms with Crippen molar-refractivity contribution >= 4 is 21.6 Å². The Morgan fingerprint density at radius 1 is 1.35 bits per heavy atom. The lowest BCUT2D eigenvalue weighted by atomic mass is 10.1. The number of anilines is 1. The smallest absolute Gasteiger partial charge is 0.0396 e. The predicted molar refractivity (Wildman–Crippen MR) is 77.8 cm³/mol. The van der Waals surface area contributed by atoms with Crippen LogP contribution in [-0.4, -0.2) is 25.7 Å². The quantitative estimate of drug-likeness (QED) is 0.855. The second-order valence-corrected chi connectivity index (χ2v) is 5.83. The molecule has 0 bridgehead atoms. The fourth-order valence-corrected chi connectivity index (χ4v) is 2.87. The van der Waals surface area contributed by atoms with Crippen molar-refractivity contribution in [3.63, 3.8) is 0 Å². The molecule has 1 aliphatic heterocycles. The molecule has 1 atom stereocenters. The lowest BCUT2D eigenvalue weighted by molar-refractivity contribution is 0.475. The third kappa shape index (κ3) is 3.46. The number of aryl methyl sites for hydroxylation is 1. The van der Waals surface area contributed by atoms with Gasteiger partial charge >= 0.3 is 0 Å². The molecular formula is C14H21BrN2. The average Bonchev–Trinajstić information content (AvgIpc) is 2.26. The van der Waals surface area contributed by atoms with Gasteiger partial charge in [-0.3, -0.25) is 0 Å². The van der Waals surface area contributed by atoms with Gasteiger partial charge in [-0.2, -0.15) is 0 Å². The molecule has 1 N–H and O–H groups in total. The fraction of sp³-hybridized carbons (Fsp3) is 0.571. The SMILES string of the molecule is Cc1cc(Br)ccc1N1CCCNC(C)CC1. The monoisotopic (exact) mass is 296 g/mol. The highest BCUT2D eigenvalue weighted by Gasteiger charge is 2.13. The van der Waals surface area contributed by atoms with Crippen molar-refractivity contribution in [2.45, 2.75) is 32.7 Å². The Bertz CT molecular complexity index is 378. The Morgan fingerprint density at radius 3 is 2.94 bits per heavy atom. The van der Waals surface area contributed by atoms with Gasteiger partial charge in [0.2, 0.25) is 0 Å². The Kier molecular flexibility index (Phi) is 4.46. The van der Waals surface area contributed by atoms with Crippen LogP contribution >= 0.6 is 15.9 Å². The summed E-state index contributed by atoms with van der Waals surface area (Å²) < 4.78 is 1.17. The van der Waals surface area contributed by atoms with Gasteiger partial charge in [0.05, 0.1) is 0 Å². The minimum atomic E-state index is 0.633. The first-order valence-electron chi connectivity index (χ1n) is 6.41. The number of hydrogen-bond donors (Lipinski definition) is 1. The zero-order valence-corrected chi connectivity index (χ0v) is 12.3. The molecule has 0 saturated carbocycles.